The Kier molecular flexibility index (Phi) is 3.45. The maximum Gasteiger partial charge on any atom is 0.0227 e. The zero-order valence-electron chi connectivity index (χ0n) is 9.71. The van der Waals surface area contributed by atoms with E-state index in [2.05, 4.69) is 23.6 Å². The highest BCUT2D eigenvalue weighted by Crippen LogP contribution is 2.29. The lowest BCUT2D eigenvalue weighted by Crippen LogP contribution is -2.53. The third-order valence-corrected chi connectivity index (χ3v) is 3.93. The first kappa shape index (κ1) is 10.4. The van der Waals surface area contributed by atoms with Crippen LogP contribution in [-0.4, -0.2) is 48.1 Å². The van der Waals surface area contributed by atoms with Gasteiger partial charge in [-0.1, -0.05) is 20.3 Å². The number of unbranched alkanes of at least 4 members (excludes halogenated alkanes) is 1. The summed E-state index contributed by atoms with van der Waals surface area (Å²) < 4.78 is 0. The molecule has 2 saturated heterocycles. The van der Waals surface area contributed by atoms with Gasteiger partial charge >= 0.3 is 0 Å². The predicted molar refractivity (Wildman–Crippen MR) is 60.5 cm³/mol. The summed E-state index contributed by atoms with van der Waals surface area (Å²) >= 11 is 0. The third-order valence-electron chi connectivity index (χ3n) is 3.93. The molecule has 2 aliphatic rings. The fraction of sp³-hybridized carbons (Fsp3) is 1.00. The van der Waals surface area contributed by atoms with Gasteiger partial charge in [0.1, 0.15) is 0 Å². The van der Waals surface area contributed by atoms with Crippen LogP contribution in [0.3, 0.4) is 0 Å². The van der Waals surface area contributed by atoms with Gasteiger partial charge in [-0.25, -0.2) is 0 Å². The number of likely N-dealkylation sites (tertiary alicyclic amines) is 1. The Balaban J connectivity index is 1.89. The highest BCUT2D eigenvalue weighted by molar-refractivity contribution is 4.95. The lowest BCUT2D eigenvalue weighted by atomic mass is 10.1. The molecule has 0 N–H and O–H groups in total. The van der Waals surface area contributed by atoms with E-state index >= 15 is 0 Å². The predicted octanol–water partition coefficient (Wildman–Crippen LogP) is 1.96. The molecule has 2 bridgehead atoms. The first-order valence-electron chi connectivity index (χ1n) is 6.33. The topological polar surface area (TPSA) is 6.48 Å². The van der Waals surface area contributed by atoms with Crippen LogP contribution >= 0.6 is 0 Å². The molecule has 2 heterocycles. The molecule has 82 valence electrons. The van der Waals surface area contributed by atoms with Crippen molar-refractivity contribution in [2.75, 3.05) is 26.2 Å². The minimum absolute atomic E-state index is 0.889. The molecular formula is C12H24N2. The van der Waals surface area contributed by atoms with Crippen molar-refractivity contribution in [2.24, 2.45) is 0 Å². The molecule has 2 atom stereocenters. The van der Waals surface area contributed by atoms with Crippen LogP contribution < -0.4 is 0 Å². The SMILES string of the molecule is CCCCN1[C@@H]2CC[C@H]1CN(CC)C2. The van der Waals surface area contributed by atoms with Crippen LogP contribution in [0.2, 0.25) is 0 Å². The Labute approximate surface area is 88.3 Å². The largest absolute Gasteiger partial charge is 0.301 e. The summed E-state index contributed by atoms with van der Waals surface area (Å²) in [5.74, 6) is 0. The first-order chi connectivity index (χ1) is 6.85. The van der Waals surface area contributed by atoms with Gasteiger partial charge in [0.2, 0.25) is 0 Å². The second-order valence-electron chi connectivity index (χ2n) is 4.83. The van der Waals surface area contributed by atoms with Crippen LogP contribution in [0.1, 0.15) is 39.5 Å². The molecule has 0 aromatic heterocycles. The molecule has 2 aliphatic heterocycles. The maximum absolute atomic E-state index is 2.79. The van der Waals surface area contributed by atoms with E-state index < -0.39 is 0 Å². The number of hydrogen-bond acceptors (Lipinski definition) is 2. The normalized spacial score (nSPS) is 33.9. The minimum Gasteiger partial charge on any atom is -0.301 e. The van der Waals surface area contributed by atoms with Crippen LogP contribution in [0, 0.1) is 0 Å². The van der Waals surface area contributed by atoms with Crippen molar-refractivity contribution in [2.45, 2.75) is 51.6 Å². The molecule has 0 aromatic carbocycles. The van der Waals surface area contributed by atoms with Crippen LogP contribution in [-0.2, 0) is 0 Å². The van der Waals surface area contributed by atoms with Crippen molar-refractivity contribution >= 4 is 0 Å². The van der Waals surface area contributed by atoms with Crippen molar-refractivity contribution in [3.8, 4) is 0 Å². The monoisotopic (exact) mass is 196 g/mol. The highest BCUT2D eigenvalue weighted by Gasteiger charge is 2.38. The Bertz CT molecular complexity index is 167. The van der Waals surface area contributed by atoms with Gasteiger partial charge in [-0.15, -0.1) is 0 Å². The van der Waals surface area contributed by atoms with Gasteiger partial charge in [0.15, 0.2) is 0 Å². The maximum atomic E-state index is 2.79. The molecule has 0 spiro atoms. The summed E-state index contributed by atoms with van der Waals surface area (Å²) in [6, 6.07) is 1.78. The smallest absolute Gasteiger partial charge is 0.0227 e. The zero-order chi connectivity index (χ0) is 9.97. The van der Waals surface area contributed by atoms with E-state index in [1.807, 2.05) is 0 Å². The second-order valence-corrected chi connectivity index (χ2v) is 4.83. The van der Waals surface area contributed by atoms with Crippen molar-refractivity contribution in [1.82, 2.24) is 9.80 Å². The van der Waals surface area contributed by atoms with Gasteiger partial charge in [-0.2, -0.15) is 0 Å². The molecule has 0 unspecified atom stereocenters. The number of rotatable bonds is 4. The average Bonchev–Trinajstić information content (AvgIpc) is 2.46. The van der Waals surface area contributed by atoms with Gasteiger partial charge < -0.3 is 4.90 Å². The van der Waals surface area contributed by atoms with Crippen molar-refractivity contribution in [3.05, 3.63) is 0 Å². The minimum atomic E-state index is 0.889. The van der Waals surface area contributed by atoms with Gasteiger partial charge in [0.05, 0.1) is 0 Å². The van der Waals surface area contributed by atoms with Gasteiger partial charge in [0, 0.05) is 25.2 Å². The van der Waals surface area contributed by atoms with Crippen LogP contribution in [0.5, 0.6) is 0 Å². The summed E-state index contributed by atoms with van der Waals surface area (Å²) in [4.78, 5) is 5.42. The van der Waals surface area contributed by atoms with E-state index in [9.17, 15) is 0 Å². The Morgan fingerprint density at radius 3 is 2.21 bits per heavy atom. The van der Waals surface area contributed by atoms with Gasteiger partial charge in [0.25, 0.3) is 0 Å². The molecule has 0 radical (unpaired) electrons. The molecular weight excluding hydrogens is 172 g/mol. The summed E-state index contributed by atoms with van der Waals surface area (Å²) in [5.41, 5.74) is 0. The van der Waals surface area contributed by atoms with Gasteiger partial charge in [-0.3, -0.25) is 4.90 Å². The number of likely N-dealkylation sites (N-methyl/N-ethyl adjacent to an activating group) is 1. The van der Waals surface area contributed by atoms with Crippen molar-refractivity contribution < 1.29 is 0 Å². The number of piperazine rings is 1. The Hall–Kier alpha value is -0.0800. The van der Waals surface area contributed by atoms with Crippen molar-refractivity contribution in [3.63, 3.8) is 0 Å². The van der Waals surface area contributed by atoms with Crippen LogP contribution in [0.25, 0.3) is 0 Å². The molecule has 2 rings (SSSR count). The quantitative estimate of drug-likeness (QED) is 0.678. The molecule has 0 aromatic rings. The highest BCUT2D eigenvalue weighted by atomic mass is 15.3. The van der Waals surface area contributed by atoms with E-state index in [0.29, 0.717) is 0 Å². The summed E-state index contributed by atoms with van der Waals surface area (Å²) in [7, 11) is 0. The fourth-order valence-corrected chi connectivity index (χ4v) is 3.04. The van der Waals surface area contributed by atoms with E-state index in [1.165, 1.54) is 51.9 Å². The zero-order valence-corrected chi connectivity index (χ0v) is 9.71. The van der Waals surface area contributed by atoms with E-state index in [1.54, 1.807) is 0 Å². The average molecular weight is 196 g/mol. The summed E-state index contributed by atoms with van der Waals surface area (Å²) in [5, 5.41) is 0. The Morgan fingerprint density at radius 2 is 1.71 bits per heavy atom. The standard InChI is InChI=1S/C12H24N2/c1-3-5-8-14-11-6-7-12(14)10-13(4-2)9-11/h11-12H,3-10H2,1-2H3/t11-,12+. The van der Waals surface area contributed by atoms with E-state index in [4.69, 9.17) is 0 Å². The lowest BCUT2D eigenvalue weighted by Gasteiger charge is -2.40. The van der Waals surface area contributed by atoms with Crippen molar-refractivity contribution in [1.29, 1.82) is 0 Å². The molecule has 2 heteroatoms. The number of nitrogens with zero attached hydrogens (tertiary/aromatic N) is 2. The van der Waals surface area contributed by atoms with Crippen LogP contribution in [0.15, 0.2) is 0 Å². The third kappa shape index (κ3) is 1.96. The molecule has 0 saturated carbocycles. The van der Waals surface area contributed by atoms with Crippen LogP contribution in [0.4, 0.5) is 0 Å². The molecule has 14 heavy (non-hydrogen) atoms. The summed E-state index contributed by atoms with van der Waals surface area (Å²) in [6.45, 7) is 9.84. The fourth-order valence-electron chi connectivity index (χ4n) is 3.04. The Morgan fingerprint density at radius 1 is 1.07 bits per heavy atom. The molecule has 2 nitrogen and oxygen atoms in total. The lowest BCUT2D eigenvalue weighted by molar-refractivity contribution is 0.0692. The number of hydrogen-bond donors (Lipinski definition) is 0. The molecule has 0 aliphatic carbocycles. The van der Waals surface area contributed by atoms with E-state index in [-0.39, 0.29) is 0 Å². The number of fused-ring (bicyclic) bond motifs is 2. The molecule has 2 fully saturated rings. The molecule has 0 amide bonds. The first-order valence-corrected chi connectivity index (χ1v) is 6.33. The second kappa shape index (κ2) is 4.63. The van der Waals surface area contributed by atoms with Gasteiger partial charge in [-0.05, 0) is 32.4 Å². The summed E-state index contributed by atoms with van der Waals surface area (Å²) in [6.07, 6.45) is 5.63. The van der Waals surface area contributed by atoms with E-state index in [0.717, 1.165) is 12.1 Å².